The quantitative estimate of drug-likeness (QED) is 0.669. The van der Waals surface area contributed by atoms with E-state index in [2.05, 4.69) is 56.9 Å². The van der Waals surface area contributed by atoms with Crippen LogP contribution in [0.3, 0.4) is 0 Å². The van der Waals surface area contributed by atoms with E-state index < -0.39 is 0 Å². The number of aromatic nitrogens is 2. The Hall–Kier alpha value is -2.04. The molecule has 3 aromatic rings. The van der Waals surface area contributed by atoms with Crippen LogP contribution >= 0.6 is 11.6 Å². The molecule has 2 aromatic heterocycles. The third-order valence-corrected chi connectivity index (χ3v) is 5.28. The van der Waals surface area contributed by atoms with Crippen molar-refractivity contribution < 1.29 is 0 Å². The van der Waals surface area contributed by atoms with E-state index in [1.54, 1.807) is 0 Å². The lowest BCUT2D eigenvalue weighted by Crippen LogP contribution is -2.47. The molecule has 0 aliphatic carbocycles. The van der Waals surface area contributed by atoms with Gasteiger partial charge in [0.2, 0.25) is 0 Å². The van der Waals surface area contributed by atoms with Gasteiger partial charge in [-0.15, -0.1) is 0 Å². The van der Waals surface area contributed by atoms with Gasteiger partial charge in [0.05, 0.1) is 0 Å². The Labute approximate surface area is 153 Å². The van der Waals surface area contributed by atoms with Crippen LogP contribution in [0.5, 0.6) is 0 Å². The van der Waals surface area contributed by atoms with Crippen LogP contribution in [0.25, 0.3) is 10.9 Å². The average Bonchev–Trinajstić information content (AvgIpc) is 2.97. The largest absolute Gasteiger partial charge is 0.354 e. The molecule has 1 aliphatic heterocycles. The molecule has 4 rings (SSSR count). The second kappa shape index (κ2) is 7.06. The molecule has 0 N–H and O–H groups in total. The number of aryl methyl sites for hydroxylation is 1. The monoisotopic (exact) mass is 354 g/mol. The van der Waals surface area contributed by atoms with Gasteiger partial charge >= 0.3 is 0 Å². The van der Waals surface area contributed by atoms with Gasteiger partial charge in [-0.3, -0.25) is 4.90 Å². The third-order valence-electron chi connectivity index (χ3n) is 5.07. The highest BCUT2D eigenvalue weighted by atomic mass is 35.5. The van der Waals surface area contributed by atoms with Crippen molar-refractivity contribution in [3.8, 4) is 0 Å². The van der Waals surface area contributed by atoms with E-state index in [0.29, 0.717) is 5.15 Å². The summed E-state index contributed by atoms with van der Waals surface area (Å²) in [5.74, 6) is 0.987. The van der Waals surface area contributed by atoms with Crippen molar-refractivity contribution in [1.29, 1.82) is 0 Å². The minimum atomic E-state index is 0.566. The van der Waals surface area contributed by atoms with Crippen molar-refractivity contribution in [2.24, 2.45) is 7.05 Å². The van der Waals surface area contributed by atoms with E-state index in [1.807, 2.05) is 18.2 Å². The second-order valence-corrected chi connectivity index (χ2v) is 7.07. The van der Waals surface area contributed by atoms with Crippen molar-refractivity contribution in [2.75, 3.05) is 37.6 Å². The summed E-state index contributed by atoms with van der Waals surface area (Å²) in [6.07, 6.45) is 3.37. The average molecular weight is 355 g/mol. The Bertz CT molecular complexity index is 865. The Morgan fingerprint density at radius 3 is 2.60 bits per heavy atom. The number of benzene rings is 1. The number of pyridine rings is 1. The highest BCUT2D eigenvalue weighted by Gasteiger charge is 2.18. The van der Waals surface area contributed by atoms with Gasteiger partial charge in [0.25, 0.3) is 0 Å². The zero-order chi connectivity index (χ0) is 17.2. The summed E-state index contributed by atoms with van der Waals surface area (Å²) in [4.78, 5) is 9.29. The number of fused-ring (bicyclic) bond motifs is 1. The second-order valence-electron chi connectivity index (χ2n) is 6.68. The van der Waals surface area contributed by atoms with Crippen molar-refractivity contribution in [2.45, 2.75) is 6.42 Å². The zero-order valence-electron chi connectivity index (χ0n) is 14.5. The zero-order valence-corrected chi connectivity index (χ0v) is 15.3. The van der Waals surface area contributed by atoms with Crippen molar-refractivity contribution in [1.82, 2.24) is 14.5 Å². The van der Waals surface area contributed by atoms with Gasteiger partial charge in [0.1, 0.15) is 11.0 Å². The highest BCUT2D eigenvalue weighted by Crippen LogP contribution is 2.21. The molecule has 1 saturated heterocycles. The predicted molar refractivity (Wildman–Crippen MR) is 105 cm³/mol. The molecular formula is C20H23ClN4. The summed E-state index contributed by atoms with van der Waals surface area (Å²) in [5, 5.41) is 1.95. The summed E-state index contributed by atoms with van der Waals surface area (Å²) in [6.45, 7) is 5.24. The Morgan fingerprint density at radius 1 is 1.00 bits per heavy atom. The number of hydrogen-bond acceptors (Lipinski definition) is 3. The number of hydrogen-bond donors (Lipinski definition) is 0. The van der Waals surface area contributed by atoms with Crippen LogP contribution in [0.15, 0.2) is 48.7 Å². The van der Waals surface area contributed by atoms with Gasteiger partial charge in [-0.2, -0.15) is 0 Å². The van der Waals surface area contributed by atoms with Crippen LogP contribution < -0.4 is 4.90 Å². The lowest BCUT2D eigenvalue weighted by Gasteiger charge is -2.35. The van der Waals surface area contributed by atoms with Crippen molar-refractivity contribution in [3.63, 3.8) is 0 Å². The Morgan fingerprint density at radius 2 is 1.80 bits per heavy atom. The molecule has 4 nitrogen and oxygen atoms in total. The highest BCUT2D eigenvalue weighted by molar-refractivity contribution is 6.29. The van der Waals surface area contributed by atoms with Crippen LogP contribution in [0, 0.1) is 0 Å². The fourth-order valence-electron chi connectivity index (χ4n) is 3.68. The maximum Gasteiger partial charge on any atom is 0.131 e. The third kappa shape index (κ3) is 3.51. The van der Waals surface area contributed by atoms with Crippen LogP contribution in [-0.2, 0) is 13.5 Å². The van der Waals surface area contributed by atoms with Gasteiger partial charge in [0, 0.05) is 56.9 Å². The van der Waals surface area contributed by atoms with Crippen LogP contribution in [0.4, 0.5) is 5.82 Å². The molecule has 3 heterocycles. The minimum absolute atomic E-state index is 0.566. The van der Waals surface area contributed by atoms with E-state index in [4.69, 9.17) is 11.6 Å². The molecule has 1 aliphatic rings. The Balaban J connectivity index is 1.36. The smallest absolute Gasteiger partial charge is 0.131 e. The number of piperazine rings is 1. The molecule has 0 spiro atoms. The molecule has 0 bridgehead atoms. The van der Waals surface area contributed by atoms with Gasteiger partial charge in [-0.05, 0) is 30.2 Å². The molecule has 0 atom stereocenters. The molecule has 130 valence electrons. The first kappa shape index (κ1) is 16.4. The van der Waals surface area contributed by atoms with Crippen LogP contribution in [-0.4, -0.2) is 47.2 Å². The molecule has 1 aromatic carbocycles. The standard InChI is InChI=1S/C20H23ClN4/c1-23-15-16(17-5-2-3-6-18(17)23)9-10-24-11-13-25(14-12-24)20-8-4-7-19(21)22-20/h2-8,15H,9-14H2,1H3. The minimum Gasteiger partial charge on any atom is -0.354 e. The van der Waals surface area contributed by atoms with E-state index in [-0.39, 0.29) is 0 Å². The summed E-state index contributed by atoms with van der Waals surface area (Å²) >= 11 is 6.01. The van der Waals surface area contributed by atoms with Crippen molar-refractivity contribution in [3.05, 3.63) is 59.4 Å². The summed E-state index contributed by atoms with van der Waals surface area (Å²) in [6, 6.07) is 14.5. The van der Waals surface area contributed by atoms with Gasteiger partial charge < -0.3 is 9.47 Å². The van der Waals surface area contributed by atoms with Gasteiger partial charge in [0.15, 0.2) is 0 Å². The van der Waals surface area contributed by atoms with Gasteiger partial charge in [-0.25, -0.2) is 4.98 Å². The lowest BCUT2D eigenvalue weighted by atomic mass is 10.1. The normalized spacial score (nSPS) is 15.8. The lowest BCUT2D eigenvalue weighted by molar-refractivity contribution is 0.260. The van der Waals surface area contributed by atoms with Gasteiger partial charge in [-0.1, -0.05) is 35.9 Å². The Kier molecular flexibility index (Phi) is 4.64. The number of halogens is 1. The van der Waals surface area contributed by atoms with Crippen LogP contribution in [0.2, 0.25) is 5.15 Å². The topological polar surface area (TPSA) is 24.3 Å². The summed E-state index contributed by atoms with van der Waals surface area (Å²) in [5.41, 5.74) is 2.76. The first-order valence-corrected chi connectivity index (χ1v) is 9.21. The molecule has 0 radical (unpaired) electrons. The fourth-order valence-corrected chi connectivity index (χ4v) is 3.84. The molecule has 25 heavy (non-hydrogen) atoms. The first-order valence-electron chi connectivity index (χ1n) is 8.83. The molecule has 5 heteroatoms. The van der Waals surface area contributed by atoms with Crippen LogP contribution in [0.1, 0.15) is 5.56 Å². The van der Waals surface area contributed by atoms with E-state index >= 15 is 0 Å². The number of para-hydroxylation sites is 1. The molecule has 0 unspecified atom stereocenters. The number of rotatable bonds is 4. The summed E-state index contributed by atoms with van der Waals surface area (Å²) < 4.78 is 2.23. The molecular weight excluding hydrogens is 332 g/mol. The number of nitrogens with zero attached hydrogens (tertiary/aromatic N) is 4. The fraction of sp³-hybridized carbons (Fsp3) is 0.350. The maximum absolute atomic E-state index is 6.01. The van der Waals surface area contributed by atoms with Crippen molar-refractivity contribution >= 4 is 28.3 Å². The SMILES string of the molecule is Cn1cc(CCN2CCN(c3cccc(Cl)n3)CC2)c2ccccc21. The summed E-state index contributed by atoms with van der Waals surface area (Å²) in [7, 11) is 2.13. The molecule has 1 fully saturated rings. The van der Waals surface area contributed by atoms with E-state index in [1.165, 1.54) is 16.5 Å². The predicted octanol–water partition coefficient (Wildman–Crippen LogP) is 3.59. The number of anilines is 1. The van der Waals surface area contributed by atoms with E-state index in [0.717, 1.165) is 45.0 Å². The maximum atomic E-state index is 6.01. The first-order chi connectivity index (χ1) is 12.2. The molecule has 0 amide bonds. The van der Waals surface area contributed by atoms with E-state index in [9.17, 15) is 0 Å². The molecule has 0 saturated carbocycles.